The maximum absolute atomic E-state index is 13.3. The van der Waals surface area contributed by atoms with Crippen LogP contribution in [0.4, 0.5) is 0 Å². The number of rotatable bonds is 11. The summed E-state index contributed by atoms with van der Waals surface area (Å²) in [4.78, 5) is 38.1. The molecule has 0 aliphatic rings. The van der Waals surface area contributed by atoms with Gasteiger partial charge in [-0.05, 0) is 96.4 Å². The second-order valence-corrected chi connectivity index (χ2v) is 11.2. The Labute approximate surface area is 231 Å². The van der Waals surface area contributed by atoms with Crippen LogP contribution in [0, 0.1) is 10.8 Å². The predicted octanol–water partition coefficient (Wildman–Crippen LogP) is 6.98. The molecule has 39 heavy (non-hydrogen) atoms. The lowest BCUT2D eigenvalue weighted by Crippen LogP contribution is -2.26. The van der Waals surface area contributed by atoms with Crippen LogP contribution in [0.5, 0.6) is 17.2 Å². The highest BCUT2D eigenvalue weighted by Crippen LogP contribution is 2.34. The first kappa shape index (κ1) is 31.3. The lowest BCUT2D eigenvalue weighted by atomic mass is 9.97. The molecule has 0 amide bonds. The number of esters is 2. The molecule has 210 valence electrons. The van der Waals surface area contributed by atoms with Crippen molar-refractivity contribution in [3.05, 3.63) is 71.5 Å². The van der Waals surface area contributed by atoms with Gasteiger partial charge in [0.05, 0.1) is 24.5 Å². The van der Waals surface area contributed by atoms with Crippen molar-refractivity contribution in [1.82, 2.24) is 0 Å². The normalized spacial score (nSPS) is 11.9. The molecular weight excluding hydrogens is 496 g/mol. The number of ketones is 1. The third-order valence-corrected chi connectivity index (χ3v) is 5.50. The Morgan fingerprint density at radius 2 is 1.46 bits per heavy atom. The Morgan fingerprint density at radius 1 is 0.872 bits per heavy atom. The van der Waals surface area contributed by atoms with E-state index in [1.165, 1.54) is 7.11 Å². The van der Waals surface area contributed by atoms with Crippen LogP contribution in [0.25, 0.3) is 6.08 Å². The van der Waals surface area contributed by atoms with Crippen molar-refractivity contribution in [3.63, 3.8) is 0 Å². The van der Waals surface area contributed by atoms with Gasteiger partial charge in [-0.3, -0.25) is 14.4 Å². The van der Waals surface area contributed by atoms with Gasteiger partial charge >= 0.3 is 11.9 Å². The van der Waals surface area contributed by atoms with E-state index >= 15 is 0 Å². The molecule has 0 aliphatic carbocycles. The molecule has 2 rings (SSSR count). The number of hydrogen-bond acceptors (Lipinski definition) is 7. The topological polar surface area (TPSA) is 88.1 Å². The summed E-state index contributed by atoms with van der Waals surface area (Å²) < 4.78 is 22.5. The molecule has 0 saturated carbocycles. The first-order valence-corrected chi connectivity index (χ1v) is 13.0. The van der Waals surface area contributed by atoms with Gasteiger partial charge in [-0.2, -0.15) is 0 Å². The van der Waals surface area contributed by atoms with Gasteiger partial charge in [0.1, 0.15) is 17.2 Å². The van der Waals surface area contributed by atoms with Crippen molar-refractivity contribution in [3.8, 4) is 17.2 Å². The maximum atomic E-state index is 13.3. The Bertz CT molecular complexity index is 1220. The Balaban J connectivity index is 2.47. The molecule has 0 spiro atoms. The van der Waals surface area contributed by atoms with E-state index in [1.807, 2.05) is 6.92 Å². The first-order valence-electron chi connectivity index (χ1n) is 13.0. The summed E-state index contributed by atoms with van der Waals surface area (Å²) in [6, 6.07) is 9.76. The van der Waals surface area contributed by atoms with Gasteiger partial charge in [-0.1, -0.05) is 13.0 Å². The second kappa shape index (κ2) is 13.3. The molecule has 0 aromatic heterocycles. The zero-order valence-corrected chi connectivity index (χ0v) is 24.3. The van der Waals surface area contributed by atoms with Crippen molar-refractivity contribution in [1.29, 1.82) is 0 Å². The third kappa shape index (κ3) is 8.84. The third-order valence-electron chi connectivity index (χ3n) is 5.50. The zero-order valence-electron chi connectivity index (χ0n) is 24.3. The van der Waals surface area contributed by atoms with Crippen molar-refractivity contribution in [2.24, 2.45) is 10.8 Å². The SMILES string of the molecule is C=CCc1cc(C=C(OC)C(=O)c2ccc(OC(=O)C(C)(C)C)cc2)c(OCCC)cc1OC(=O)C(C)(C)C. The standard InChI is InChI=1S/C32H40O7/c1-10-12-22-18-23(25(37-17-11-2)20-26(22)39-30(35)32(6,7)8)19-27(36-9)28(33)21-13-15-24(16-14-21)38-29(34)31(3,4)5/h10,13-16,18-20H,1,11-12,17H2,2-9H3. The van der Waals surface area contributed by atoms with Gasteiger partial charge in [0, 0.05) is 17.2 Å². The van der Waals surface area contributed by atoms with Crippen molar-refractivity contribution < 1.29 is 33.3 Å². The Hall–Kier alpha value is -3.87. The fourth-order valence-electron chi connectivity index (χ4n) is 3.17. The van der Waals surface area contributed by atoms with Crippen LogP contribution >= 0.6 is 0 Å². The number of carbonyl (C=O) groups is 3. The largest absolute Gasteiger partial charge is 0.493 e. The molecule has 2 aromatic rings. The van der Waals surface area contributed by atoms with Gasteiger partial charge in [-0.15, -0.1) is 6.58 Å². The van der Waals surface area contributed by atoms with Gasteiger partial charge < -0.3 is 18.9 Å². The Morgan fingerprint density at radius 3 is 1.97 bits per heavy atom. The number of Topliss-reactive ketones (excluding diaryl/α,β-unsaturated/α-hetero) is 1. The zero-order chi connectivity index (χ0) is 29.4. The van der Waals surface area contributed by atoms with Gasteiger partial charge in [0.25, 0.3) is 0 Å². The van der Waals surface area contributed by atoms with E-state index in [0.717, 1.165) is 6.42 Å². The molecule has 0 heterocycles. The fraction of sp³-hybridized carbons (Fsp3) is 0.406. The minimum atomic E-state index is -0.690. The molecule has 0 bridgehead atoms. The van der Waals surface area contributed by atoms with E-state index in [0.29, 0.717) is 47.0 Å². The first-order chi connectivity index (χ1) is 18.2. The summed E-state index contributed by atoms with van der Waals surface area (Å²) in [5.41, 5.74) is 0.326. The molecule has 0 fully saturated rings. The summed E-state index contributed by atoms with van der Waals surface area (Å²) in [7, 11) is 1.42. The van der Waals surface area contributed by atoms with Crippen LogP contribution in [0.2, 0.25) is 0 Å². The summed E-state index contributed by atoms with van der Waals surface area (Å²) in [5.74, 6) is 0.157. The molecular formula is C32H40O7. The second-order valence-electron chi connectivity index (χ2n) is 11.2. The van der Waals surface area contributed by atoms with Crippen LogP contribution in [0.1, 0.15) is 76.4 Å². The average Bonchev–Trinajstić information content (AvgIpc) is 2.86. The summed E-state index contributed by atoms with van der Waals surface area (Å²) in [6.07, 6.45) is 4.51. The number of methoxy groups -OCH3 is 1. The van der Waals surface area contributed by atoms with E-state index in [9.17, 15) is 14.4 Å². The van der Waals surface area contributed by atoms with E-state index in [1.54, 1.807) is 90.1 Å². The van der Waals surface area contributed by atoms with Crippen LogP contribution < -0.4 is 14.2 Å². The van der Waals surface area contributed by atoms with Crippen molar-refractivity contribution in [2.45, 2.75) is 61.3 Å². The monoisotopic (exact) mass is 536 g/mol. The van der Waals surface area contributed by atoms with E-state index in [4.69, 9.17) is 18.9 Å². The lowest BCUT2D eigenvalue weighted by Gasteiger charge is -2.20. The van der Waals surface area contributed by atoms with Gasteiger partial charge in [0.2, 0.25) is 5.78 Å². The minimum Gasteiger partial charge on any atom is -0.493 e. The van der Waals surface area contributed by atoms with Crippen LogP contribution in [-0.4, -0.2) is 31.4 Å². The van der Waals surface area contributed by atoms with Crippen LogP contribution in [0.3, 0.4) is 0 Å². The quantitative estimate of drug-likeness (QED) is 0.0765. The summed E-state index contributed by atoms with van der Waals surface area (Å²) in [6.45, 7) is 16.9. The number of hydrogen-bond donors (Lipinski definition) is 0. The van der Waals surface area contributed by atoms with E-state index in [2.05, 4.69) is 6.58 Å². The molecule has 0 unspecified atom stereocenters. The lowest BCUT2D eigenvalue weighted by molar-refractivity contribution is -0.143. The Kier molecular flexibility index (Phi) is 10.7. The van der Waals surface area contributed by atoms with Crippen molar-refractivity contribution >= 4 is 23.8 Å². The fourth-order valence-corrected chi connectivity index (χ4v) is 3.17. The number of benzene rings is 2. The molecule has 0 N–H and O–H groups in total. The highest BCUT2D eigenvalue weighted by Gasteiger charge is 2.26. The van der Waals surface area contributed by atoms with Crippen LogP contribution in [0.15, 0.2) is 54.8 Å². The van der Waals surface area contributed by atoms with Gasteiger partial charge in [-0.25, -0.2) is 0 Å². The highest BCUT2D eigenvalue weighted by atomic mass is 16.5. The minimum absolute atomic E-state index is 0.0831. The summed E-state index contributed by atoms with van der Waals surface area (Å²) >= 11 is 0. The number of ether oxygens (including phenoxy) is 4. The van der Waals surface area contributed by atoms with Gasteiger partial charge in [0.15, 0.2) is 5.76 Å². The molecule has 7 nitrogen and oxygen atoms in total. The molecule has 0 radical (unpaired) electrons. The molecule has 0 saturated heterocycles. The van der Waals surface area contributed by atoms with Crippen molar-refractivity contribution in [2.75, 3.05) is 13.7 Å². The number of allylic oxidation sites excluding steroid dienone is 2. The van der Waals surface area contributed by atoms with Crippen LogP contribution in [-0.2, 0) is 20.7 Å². The molecule has 2 aromatic carbocycles. The smallest absolute Gasteiger partial charge is 0.316 e. The molecule has 0 atom stereocenters. The average molecular weight is 537 g/mol. The number of carbonyl (C=O) groups excluding carboxylic acids is 3. The van der Waals surface area contributed by atoms with E-state index < -0.39 is 10.8 Å². The van der Waals surface area contributed by atoms with E-state index in [-0.39, 0.29) is 23.5 Å². The molecule has 0 aliphatic heterocycles. The molecule has 7 heteroatoms. The highest BCUT2D eigenvalue weighted by molar-refractivity contribution is 6.10. The maximum Gasteiger partial charge on any atom is 0.316 e. The summed E-state index contributed by atoms with van der Waals surface area (Å²) in [5, 5.41) is 0. The predicted molar refractivity (Wildman–Crippen MR) is 152 cm³/mol.